The molecule has 1 aromatic heterocycles. The van der Waals surface area contributed by atoms with Crippen molar-refractivity contribution < 1.29 is 19.1 Å². The quantitative estimate of drug-likeness (QED) is 0.566. The van der Waals surface area contributed by atoms with Gasteiger partial charge in [0.15, 0.2) is 11.5 Å². The van der Waals surface area contributed by atoms with Gasteiger partial charge >= 0.3 is 0 Å². The van der Waals surface area contributed by atoms with Crippen molar-refractivity contribution in [2.24, 2.45) is 0 Å². The fraction of sp³-hybridized carbons (Fsp3) is 0.364. The summed E-state index contributed by atoms with van der Waals surface area (Å²) in [6, 6.07) is 10.4. The summed E-state index contributed by atoms with van der Waals surface area (Å²) in [4.78, 5) is 26.6. The van der Waals surface area contributed by atoms with Crippen LogP contribution >= 0.6 is 0 Å². The number of anilines is 1. The molecule has 0 saturated carbocycles. The first-order valence-corrected chi connectivity index (χ1v) is 10.2. The highest BCUT2D eigenvalue weighted by molar-refractivity contribution is 6.00. The third-order valence-electron chi connectivity index (χ3n) is 4.62. The predicted molar refractivity (Wildman–Crippen MR) is 118 cm³/mol. The number of nitrogens with one attached hydrogen (secondary N) is 1. The molecule has 164 valence electrons. The van der Waals surface area contributed by atoms with Crippen LogP contribution in [-0.4, -0.2) is 58.5 Å². The summed E-state index contributed by atoms with van der Waals surface area (Å²) in [5.74, 6) is 0.579. The van der Waals surface area contributed by atoms with Crippen LogP contribution in [0.5, 0.6) is 11.5 Å². The number of fused-ring (bicyclic) bond motifs is 1. The van der Waals surface area contributed by atoms with Crippen LogP contribution in [0.4, 0.5) is 5.69 Å². The molecular weight excluding hydrogens is 398 g/mol. The molecule has 9 nitrogen and oxygen atoms in total. The van der Waals surface area contributed by atoms with Crippen LogP contribution in [0, 0.1) is 0 Å². The van der Waals surface area contributed by atoms with Gasteiger partial charge in [-0.15, -0.1) is 5.10 Å². The Labute approximate surface area is 180 Å². The zero-order valence-electron chi connectivity index (χ0n) is 18.2. The second-order valence-corrected chi connectivity index (χ2v) is 6.85. The second-order valence-electron chi connectivity index (χ2n) is 6.85. The van der Waals surface area contributed by atoms with Gasteiger partial charge in [-0.25, -0.2) is 4.68 Å². The second kappa shape index (κ2) is 9.92. The molecule has 3 rings (SSSR count). The third kappa shape index (κ3) is 5.11. The monoisotopic (exact) mass is 425 g/mol. The molecule has 0 unspecified atom stereocenters. The van der Waals surface area contributed by atoms with Crippen molar-refractivity contribution in [1.82, 2.24) is 19.9 Å². The van der Waals surface area contributed by atoms with Gasteiger partial charge in [-0.3, -0.25) is 9.59 Å². The van der Waals surface area contributed by atoms with Crippen LogP contribution in [0.1, 0.15) is 31.1 Å². The van der Waals surface area contributed by atoms with Crippen LogP contribution in [-0.2, 0) is 11.3 Å². The van der Waals surface area contributed by atoms with Crippen LogP contribution in [0.2, 0.25) is 0 Å². The van der Waals surface area contributed by atoms with Crippen molar-refractivity contribution >= 4 is 28.5 Å². The number of aromatic nitrogens is 3. The Balaban J connectivity index is 1.66. The van der Waals surface area contributed by atoms with Gasteiger partial charge in [-0.1, -0.05) is 5.21 Å². The number of benzene rings is 2. The van der Waals surface area contributed by atoms with Gasteiger partial charge < -0.3 is 19.7 Å². The molecule has 2 amide bonds. The Bertz CT molecular complexity index is 1080. The average molecular weight is 425 g/mol. The highest BCUT2D eigenvalue weighted by Gasteiger charge is 2.17. The van der Waals surface area contributed by atoms with Crippen LogP contribution in [0.3, 0.4) is 0 Å². The highest BCUT2D eigenvalue weighted by atomic mass is 16.5. The first-order chi connectivity index (χ1) is 15.0. The lowest BCUT2D eigenvalue weighted by Gasteiger charge is -2.17. The lowest BCUT2D eigenvalue weighted by Crippen LogP contribution is -2.34. The van der Waals surface area contributed by atoms with Crippen molar-refractivity contribution in [1.29, 1.82) is 0 Å². The van der Waals surface area contributed by atoms with E-state index in [1.54, 1.807) is 42.1 Å². The number of carbonyl (C=O) groups is 2. The molecule has 1 heterocycles. The van der Waals surface area contributed by atoms with E-state index in [4.69, 9.17) is 9.47 Å². The Kier molecular flexibility index (Phi) is 7.07. The molecule has 0 saturated heterocycles. The molecule has 0 aliphatic carbocycles. The van der Waals surface area contributed by atoms with Crippen molar-refractivity contribution in [2.75, 3.05) is 32.1 Å². The largest absolute Gasteiger partial charge is 0.490 e. The summed E-state index contributed by atoms with van der Waals surface area (Å²) in [5.41, 5.74) is 2.52. The molecule has 0 aliphatic rings. The predicted octanol–water partition coefficient (Wildman–Crippen LogP) is 2.96. The Morgan fingerprint density at radius 1 is 1.03 bits per heavy atom. The van der Waals surface area contributed by atoms with Crippen molar-refractivity contribution in [2.45, 2.75) is 27.3 Å². The maximum Gasteiger partial charge on any atom is 0.254 e. The van der Waals surface area contributed by atoms with Gasteiger partial charge in [0.2, 0.25) is 5.91 Å². The van der Waals surface area contributed by atoms with Gasteiger partial charge in [-0.05, 0) is 51.1 Å². The minimum Gasteiger partial charge on any atom is -0.490 e. The molecule has 0 bridgehead atoms. The summed E-state index contributed by atoms with van der Waals surface area (Å²) < 4.78 is 12.9. The normalized spacial score (nSPS) is 10.7. The van der Waals surface area contributed by atoms with Crippen LogP contribution in [0.25, 0.3) is 11.0 Å². The highest BCUT2D eigenvalue weighted by Crippen LogP contribution is 2.30. The molecule has 9 heteroatoms. The SMILES string of the molecule is CCOc1ccc(NC(=O)CN(C)C(=O)c2ccc3c(c2)nnn3CC)cc1OCC. The number of aryl methyl sites for hydroxylation is 1. The number of amides is 2. The minimum atomic E-state index is -0.319. The summed E-state index contributed by atoms with van der Waals surface area (Å²) in [6.45, 7) is 7.32. The topological polar surface area (TPSA) is 98.6 Å². The van der Waals surface area contributed by atoms with E-state index in [1.165, 1.54) is 4.90 Å². The molecule has 0 fully saturated rings. The average Bonchev–Trinajstić information content (AvgIpc) is 3.17. The molecule has 2 aromatic carbocycles. The molecule has 3 aromatic rings. The molecule has 0 aliphatic heterocycles. The van der Waals surface area contributed by atoms with Gasteiger partial charge in [0, 0.05) is 30.9 Å². The van der Waals surface area contributed by atoms with E-state index in [0.29, 0.717) is 48.0 Å². The minimum absolute atomic E-state index is 0.101. The van der Waals surface area contributed by atoms with Gasteiger partial charge in [0.25, 0.3) is 5.91 Å². The fourth-order valence-electron chi connectivity index (χ4n) is 3.18. The van der Waals surface area contributed by atoms with Crippen LogP contribution in [0.15, 0.2) is 36.4 Å². The standard InChI is InChI=1S/C22H27N5O4/c1-5-27-18-10-8-15(12-17(18)24-25-27)22(29)26(4)14-21(28)23-16-9-11-19(30-6-2)20(13-16)31-7-3/h8-13H,5-7,14H2,1-4H3,(H,23,28). The Hall–Kier alpha value is -3.62. The molecule has 0 spiro atoms. The number of ether oxygens (including phenoxy) is 2. The molecule has 0 radical (unpaired) electrons. The Morgan fingerprint density at radius 2 is 1.77 bits per heavy atom. The number of likely N-dealkylation sites (N-methyl/N-ethyl adjacent to an activating group) is 1. The van der Waals surface area contributed by atoms with Crippen molar-refractivity contribution in [3.8, 4) is 11.5 Å². The zero-order chi connectivity index (χ0) is 22.4. The van der Waals surface area contributed by atoms with Crippen LogP contribution < -0.4 is 14.8 Å². The van der Waals surface area contributed by atoms with E-state index in [1.807, 2.05) is 26.8 Å². The number of carbonyl (C=O) groups excluding carboxylic acids is 2. The maximum absolute atomic E-state index is 12.8. The lowest BCUT2D eigenvalue weighted by atomic mass is 10.1. The van der Waals surface area contributed by atoms with E-state index in [-0.39, 0.29) is 18.4 Å². The number of hydrogen-bond donors (Lipinski definition) is 1. The van der Waals surface area contributed by atoms with Crippen molar-refractivity contribution in [3.05, 3.63) is 42.0 Å². The molecule has 31 heavy (non-hydrogen) atoms. The van der Waals surface area contributed by atoms with E-state index in [9.17, 15) is 9.59 Å². The number of nitrogens with zero attached hydrogens (tertiary/aromatic N) is 4. The smallest absolute Gasteiger partial charge is 0.254 e. The summed E-state index contributed by atoms with van der Waals surface area (Å²) in [7, 11) is 1.58. The maximum atomic E-state index is 12.8. The molecule has 1 N–H and O–H groups in total. The summed E-state index contributed by atoms with van der Waals surface area (Å²) in [5, 5.41) is 10.9. The van der Waals surface area contributed by atoms with E-state index in [2.05, 4.69) is 15.6 Å². The van der Waals surface area contributed by atoms with E-state index >= 15 is 0 Å². The summed E-state index contributed by atoms with van der Waals surface area (Å²) >= 11 is 0. The van der Waals surface area contributed by atoms with E-state index < -0.39 is 0 Å². The zero-order valence-corrected chi connectivity index (χ0v) is 18.2. The first kappa shape index (κ1) is 22.1. The summed E-state index contributed by atoms with van der Waals surface area (Å²) in [6.07, 6.45) is 0. The molecule has 0 atom stereocenters. The molecular formula is C22H27N5O4. The third-order valence-corrected chi connectivity index (χ3v) is 4.62. The lowest BCUT2D eigenvalue weighted by molar-refractivity contribution is -0.116. The Morgan fingerprint density at radius 3 is 2.48 bits per heavy atom. The van der Waals surface area contributed by atoms with Gasteiger partial charge in [0.1, 0.15) is 5.52 Å². The fourth-order valence-corrected chi connectivity index (χ4v) is 3.18. The van der Waals surface area contributed by atoms with Crippen molar-refractivity contribution in [3.63, 3.8) is 0 Å². The number of rotatable bonds is 9. The van der Waals surface area contributed by atoms with E-state index in [0.717, 1.165) is 5.52 Å². The van der Waals surface area contributed by atoms with Gasteiger partial charge in [0.05, 0.1) is 25.3 Å². The van der Waals surface area contributed by atoms with Gasteiger partial charge in [-0.2, -0.15) is 0 Å². The first-order valence-electron chi connectivity index (χ1n) is 10.2. The number of hydrogen-bond acceptors (Lipinski definition) is 6.